The first kappa shape index (κ1) is 7.56. The van der Waals surface area contributed by atoms with Crippen LogP contribution in [0.25, 0.3) is 0 Å². The van der Waals surface area contributed by atoms with Crippen molar-refractivity contribution in [2.24, 2.45) is 11.7 Å². The van der Waals surface area contributed by atoms with Gasteiger partial charge in [0.1, 0.15) is 0 Å². The Labute approximate surface area is 68.7 Å². The molecule has 0 aliphatic carbocycles. The zero-order valence-corrected chi connectivity index (χ0v) is 7.29. The third-order valence-electron chi connectivity index (χ3n) is 3.45. The molecule has 2 N–H and O–H groups in total. The molecule has 3 heterocycles. The topological polar surface area (TPSA) is 29.3 Å². The van der Waals surface area contributed by atoms with E-state index in [0.29, 0.717) is 12.1 Å². The fraction of sp³-hybridized carbons (Fsp3) is 1.00. The summed E-state index contributed by atoms with van der Waals surface area (Å²) in [7, 11) is 0. The maximum absolute atomic E-state index is 6.13. The zero-order chi connectivity index (χ0) is 7.84. The second-order valence-electron chi connectivity index (χ2n) is 3.93. The lowest BCUT2D eigenvalue weighted by atomic mass is 9.78. The lowest BCUT2D eigenvalue weighted by Crippen LogP contribution is -2.60. The van der Waals surface area contributed by atoms with Crippen molar-refractivity contribution >= 4 is 0 Å². The highest BCUT2D eigenvalue weighted by Gasteiger charge is 2.38. The molecule has 0 aromatic carbocycles. The summed E-state index contributed by atoms with van der Waals surface area (Å²) in [5, 5.41) is 0. The normalized spacial score (nSPS) is 49.6. The predicted octanol–water partition coefficient (Wildman–Crippen LogP) is 0.818. The summed E-state index contributed by atoms with van der Waals surface area (Å²) in [6.07, 6.45) is 3.92. The average molecular weight is 154 g/mol. The van der Waals surface area contributed by atoms with Crippen molar-refractivity contribution in [1.82, 2.24) is 4.90 Å². The SMILES string of the molecule is CCC1C(N)C2CCN1CC2. The van der Waals surface area contributed by atoms with Gasteiger partial charge in [-0.05, 0) is 38.3 Å². The highest BCUT2D eigenvalue weighted by atomic mass is 15.2. The Morgan fingerprint density at radius 2 is 2.00 bits per heavy atom. The van der Waals surface area contributed by atoms with E-state index in [2.05, 4.69) is 11.8 Å². The number of rotatable bonds is 1. The van der Waals surface area contributed by atoms with Gasteiger partial charge in [-0.25, -0.2) is 0 Å². The molecule has 2 nitrogen and oxygen atoms in total. The Hall–Kier alpha value is -0.0800. The minimum Gasteiger partial charge on any atom is -0.326 e. The van der Waals surface area contributed by atoms with Crippen molar-refractivity contribution in [3.63, 3.8) is 0 Å². The summed E-state index contributed by atoms with van der Waals surface area (Å²) in [4.78, 5) is 2.57. The van der Waals surface area contributed by atoms with E-state index in [1.54, 1.807) is 0 Å². The van der Waals surface area contributed by atoms with Crippen molar-refractivity contribution in [1.29, 1.82) is 0 Å². The lowest BCUT2D eigenvalue weighted by Gasteiger charge is -2.49. The monoisotopic (exact) mass is 154 g/mol. The molecule has 3 aliphatic rings. The van der Waals surface area contributed by atoms with Crippen LogP contribution in [0.5, 0.6) is 0 Å². The van der Waals surface area contributed by atoms with E-state index in [9.17, 15) is 0 Å². The molecule has 0 aromatic rings. The first-order chi connectivity index (χ1) is 5.33. The van der Waals surface area contributed by atoms with Crippen molar-refractivity contribution in [2.45, 2.75) is 38.3 Å². The van der Waals surface area contributed by atoms with Gasteiger partial charge in [-0.1, -0.05) is 6.92 Å². The minimum absolute atomic E-state index is 0.475. The van der Waals surface area contributed by atoms with Crippen LogP contribution in [0.15, 0.2) is 0 Å². The molecule has 11 heavy (non-hydrogen) atoms. The van der Waals surface area contributed by atoms with Gasteiger partial charge in [0.05, 0.1) is 0 Å². The molecule has 3 fully saturated rings. The maximum Gasteiger partial charge on any atom is 0.0247 e. The van der Waals surface area contributed by atoms with Crippen molar-refractivity contribution < 1.29 is 0 Å². The highest BCUT2D eigenvalue weighted by Crippen LogP contribution is 2.32. The Balaban J connectivity index is 2.10. The summed E-state index contributed by atoms with van der Waals surface area (Å²) >= 11 is 0. The lowest BCUT2D eigenvalue weighted by molar-refractivity contribution is 0.0268. The molecule has 0 radical (unpaired) electrons. The van der Waals surface area contributed by atoms with E-state index < -0.39 is 0 Å². The Morgan fingerprint density at radius 3 is 2.36 bits per heavy atom. The molecular formula is C9H18N2. The molecule has 0 amide bonds. The van der Waals surface area contributed by atoms with Crippen LogP contribution in [0.2, 0.25) is 0 Å². The van der Waals surface area contributed by atoms with Gasteiger partial charge in [0.25, 0.3) is 0 Å². The predicted molar refractivity (Wildman–Crippen MR) is 46.4 cm³/mol. The largest absolute Gasteiger partial charge is 0.326 e. The number of fused-ring (bicyclic) bond motifs is 3. The van der Waals surface area contributed by atoms with Crippen molar-refractivity contribution in [3.05, 3.63) is 0 Å². The fourth-order valence-electron chi connectivity index (χ4n) is 2.72. The summed E-state index contributed by atoms with van der Waals surface area (Å²) < 4.78 is 0. The summed E-state index contributed by atoms with van der Waals surface area (Å²) in [6.45, 7) is 4.86. The smallest absolute Gasteiger partial charge is 0.0247 e. The molecule has 0 saturated carbocycles. The molecule has 2 unspecified atom stereocenters. The second-order valence-corrected chi connectivity index (χ2v) is 3.93. The molecule has 0 aromatic heterocycles. The van der Waals surface area contributed by atoms with Gasteiger partial charge in [-0.15, -0.1) is 0 Å². The molecule has 3 saturated heterocycles. The molecular weight excluding hydrogens is 136 g/mol. The van der Waals surface area contributed by atoms with Crippen molar-refractivity contribution in [2.75, 3.05) is 13.1 Å². The zero-order valence-electron chi connectivity index (χ0n) is 7.29. The molecule has 0 spiro atoms. The molecule has 2 bridgehead atoms. The van der Waals surface area contributed by atoms with E-state index >= 15 is 0 Å². The summed E-state index contributed by atoms with van der Waals surface area (Å²) in [6, 6.07) is 1.17. The Morgan fingerprint density at radius 1 is 1.36 bits per heavy atom. The van der Waals surface area contributed by atoms with Gasteiger partial charge in [0.15, 0.2) is 0 Å². The van der Waals surface area contributed by atoms with Crippen LogP contribution in [0.4, 0.5) is 0 Å². The molecule has 2 atom stereocenters. The first-order valence-electron chi connectivity index (χ1n) is 4.82. The van der Waals surface area contributed by atoms with Crippen molar-refractivity contribution in [3.8, 4) is 0 Å². The van der Waals surface area contributed by atoms with Crippen LogP contribution in [-0.4, -0.2) is 30.1 Å². The summed E-state index contributed by atoms with van der Waals surface area (Å²) in [5.41, 5.74) is 6.13. The van der Waals surface area contributed by atoms with Gasteiger partial charge >= 0.3 is 0 Å². The fourth-order valence-corrected chi connectivity index (χ4v) is 2.72. The molecule has 2 heteroatoms. The van der Waals surface area contributed by atoms with Crippen LogP contribution in [-0.2, 0) is 0 Å². The number of piperidine rings is 3. The third kappa shape index (κ3) is 1.09. The number of nitrogens with two attached hydrogens (primary N) is 1. The van der Waals surface area contributed by atoms with Gasteiger partial charge in [0.2, 0.25) is 0 Å². The minimum atomic E-state index is 0.475. The quantitative estimate of drug-likeness (QED) is 0.606. The number of nitrogens with zero attached hydrogens (tertiary/aromatic N) is 1. The summed E-state index contributed by atoms with van der Waals surface area (Å²) in [5.74, 6) is 0.838. The van der Waals surface area contributed by atoms with Crippen LogP contribution < -0.4 is 5.73 Å². The highest BCUT2D eigenvalue weighted by molar-refractivity contribution is 4.96. The van der Waals surface area contributed by atoms with Gasteiger partial charge in [0, 0.05) is 12.1 Å². The Kier molecular flexibility index (Phi) is 1.90. The second kappa shape index (κ2) is 2.76. The van der Waals surface area contributed by atoms with Gasteiger partial charge in [-0.3, -0.25) is 4.90 Å². The standard InChI is InChI=1S/C9H18N2/c1-2-8-9(10)7-3-5-11(8)6-4-7/h7-9H,2-6,10H2,1H3. The van der Waals surface area contributed by atoms with E-state index in [1.807, 2.05) is 0 Å². The van der Waals surface area contributed by atoms with E-state index in [0.717, 1.165) is 5.92 Å². The third-order valence-corrected chi connectivity index (χ3v) is 3.45. The molecule has 3 aliphatic heterocycles. The van der Waals surface area contributed by atoms with Crippen LogP contribution in [0.3, 0.4) is 0 Å². The maximum atomic E-state index is 6.13. The van der Waals surface area contributed by atoms with E-state index in [1.165, 1.54) is 32.4 Å². The number of hydrogen-bond donors (Lipinski definition) is 1. The van der Waals surface area contributed by atoms with Gasteiger partial charge < -0.3 is 5.73 Å². The van der Waals surface area contributed by atoms with E-state index in [4.69, 9.17) is 5.73 Å². The average Bonchev–Trinajstić information content (AvgIpc) is 2.06. The Bertz CT molecular complexity index is 136. The molecule has 64 valence electrons. The molecule has 3 rings (SSSR count). The van der Waals surface area contributed by atoms with Crippen LogP contribution >= 0.6 is 0 Å². The van der Waals surface area contributed by atoms with Crippen LogP contribution in [0.1, 0.15) is 26.2 Å². The van der Waals surface area contributed by atoms with Gasteiger partial charge in [-0.2, -0.15) is 0 Å². The first-order valence-corrected chi connectivity index (χ1v) is 4.82. The number of hydrogen-bond acceptors (Lipinski definition) is 2. The van der Waals surface area contributed by atoms with E-state index in [-0.39, 0.29) is 0 Å². The van der Waals surface area contributed by atoms with Crippen LogP contribution in [0, 0.1) is 5.92 Å².